The number of hydrogen-bond donors (Lipinski definition) is 1. The molecule has 0 aliphatic carbocycles. The fraction of sp³-hybridized carbons (Fsp3) is 0.632. The predicted octanol–water partition coefficient (Wildman–Crippen LogP) is 1.49. The van der Waals surface area contributed by atoms with Gasteiger partial charge in [-0.1, -0.05) is 6.42 Å². The Kier molecular flexibility index (Phi) is 5.24. The highest BCUT2D eigenvalue weighted by Gasteiger charge is 2.30. The van der Waals surface area contributed by atoms with Crippen LogP contribution < -0.4 is 5.56 Å². The van der Waals surface area contributed by atoms with E-state index in [-0.39, 0.29) is 17.0 Å². The van der Waals surface area contributed by atoms with Crippen molar-refractivity contribution in [1.29, 1.82) is 5.26 Å². The van der Waals surface area contributed by atoms with Gasteiger partial charge in [-0.05, 0) is 50.8 Å². The van der Waals surface area contributed by atoms with Gasteiger partial charge >= 0.3 is 0 Å². The maximum Gasteiger partial charge on any atom is 0.266 e. The van der Waals surface area contributed by atoms with Gasteiger partial charge in [-0.3, -0.25) is 14.5 Å². The van der Waals surface area contributed by atoms with Crippen LogP contribution in [0.25, 0.3) is 0 Å². The summed E-state index contributed by atoms with van der Waals surface area (Å²) >= 11 is 0. The van der Waals surface area contributed by atoms with E-state index in [4.69, 9.17) is 5.26 Å². The molecule has 2 aliphatic rings. The third-order valence-electron chi connectivity index (χ3n) is 5.70. The second-order valence-corrected chi connectivity index (χ2v) is 7.19. The van der Waals surface area contributed by atoms with Crippen molar-refractivity contribution in [3.05, 3.63) is 32.7 Å². The van der Waals surface area contributed by atoms with E-state index in [9.17, 15) is 9.59 Å². The summed E-state index contributed by atoms with van der Waals surface area (Å²) in [4.78, 5) is 31.7. The van der Waals surface area contributed by atoms with Crippen LogP contribution in [0.5, 0.6) is 0 Å². The Morgan fingerprint density at radius 3 is 2.84 bits per heavy atom. The van der Waals surface area contributed by atoms with Crippen LogP contribution >= 0.6 is 0 Å². The van der Waals surface area contributed by atoms with E-state index in [2.05, 4.69) is 9.88 Å². The minimum Gasteiger partial charge on any atom is -0.340 e. The zero-order chi connectivity index (χ0) is 18.0. The summed E-state index contributed by atoms with van der Waals surface area (Å²) < 4.78 is 0. The van der Waals surface area contributed by atoms with E-state index in [1.807, 2.05) is 17.9 Å². The van der Waals surface area contributed by atoms with Gasteiger partial charge in [-0.25, -0.2) is 0 Å². The minimum absolute atomic E-state index is 0.156. The molecule has 3 rings (SSSR count). The monoisotopic (exact) mass is 342 g/mol. The number of piperidine rings is 1. The normalized spacial score (nSPS) is 20.8. The van der Waals surface area contributed by atoms with Gasteiger partial charge in [-0.2, -0.15) is 5.26 Å². The molecule has 2 fully saturated rings. The molecule has 25 heavy (non-hydrogen) atoms. The van der Waals surface area contributed by atoms with Crippen molar-refractivity contribution in [3.8, 4) is 6.07 Å². The number of amides is 1. The molecule has 0 radical (unpaired) electrons. The summed E-state index contributed by atoms with van der Waals surface area (Å²) in [7, 11) is 0. The van der Waals surface area contributed by atoms with Gasteiger partial charge in [-0.15, -0.1) is 0 Å². The Morgan fingerprint density at radius 1 is 1.28 bits per heavy atom. The second kappa shape index (κ2) is 7.40. The number of rotatable bonds is 3. The average molecular weight is 342 g/mol. The lowest BCUT2D eigenvalue weighted by Crippen LogP contribution is -2.56. The summed E-state index contributed by atoms with van der Waals surface area (Å²) in [6.45, 7) is 7.41. The molecule has 134 valence electrons. The van der Waals surface area contributed by atoms with Gasteiger partial charge in [0.05, 0.1) is 0 Å². The number of aromatic nitrogens is 1. The molecule has 1 N–H and O–H groups in total. The number of nitrogens with one attached hydrogen (secondary N) is 1. The van der Waals surface area contributed by atoms with Crippen LogP contribution in [0.15, 0.2) is 4.79 Å². The van der Waals surface area contributed by atoms with Gasteiger partial charge in [0, 0.05) is 37.8 Å². The molecule has 0 aromatic carbocycles. The van der Waals surface area contributed by atoms with Crippen LogP contribution in [0, 0.1) is 25.2 Å². The van der Waals surface area contributed by atoms with E-state index in [1.165, 1.54) is 25.8 Å². The van der Waals surface area contributed by atoms with E-state index in [0.717, 1.165) is 30.9 Å². The molecular weight excluding hydrogens is 316 g/mol. The van der Waals surface area contributed by atoms with Crippen molar-refractivity contribution >= 4 is 5.91 Å². The minimum atomic E-state index is -0.346. The van der Waals surface area contributed by atoms with E-state index in [0.29, 0.717) is 24.4 Å². The first-order valence-corrected chi connectivity index (χ1v) is 9.15. The first kappa shape index (κ1) is 17.7. The largest absolute Gasteiger partial charge is 0.340 e. The molecular formula is C19H26N4O2. The van der Waals surface area contributed by atoms with Crippen molar-refractivity contribution in [2.75, 3.05) is 26.2 Å². The van der Waals surface area contributed by atoms with Crippen molar-refractivity contribution in [2.45, 2.75) is 52.0 Å². The fourth-order valence-corrected chi connectivity index (χ4v) is 4.19. The highest BCUT2D eigenvalue weighted by molar-refractivity contribution is 5.76. The predicted molar refractivity (Wildman–Crippen MR) is 95.4 cm³/mol. The standard InChI is InChI=1S/C19H26N4O2/c1-13-16(14(2)21-19(25)17(13)11-20)6-7-18(24)23-10-9-22-8-4-3-5-15(22)12-23/h15H,3-10,12H2,1-2H3,(H,21,25). The molecule has 1 aromatic rings. The first-order chi connectivity index (χ1) is 12.0. The maximum atomic E-state index is 12.7. The maximum absolute atomic E-state index is 12.7. The molecule has 1 amide bonds. The number of aryl methyl sites for hydroxylation is 1. The number of nitriles is 1. The zero-order valence-corrected chi connectivity index (χ0v) is 15.1. The molecule has 1 atom stereocenters. The number of carbonyl (C=O) groups is 1. The van der Waals surface area contributed by atoms with Crippen LogP contribution in [-0.2, 0) is 11.2 Å². The molecule has 1 unspecified atom stereocenters. The number of piperazine rings is 1. The molecule has 0 saturated carbocycles. The lowest BCUT2D eigenvalue weighted by molar-refractivity contribution is -0.134. The van der Waals surface area contributed by atoms with Crippen LogP contribution in [-0.4, -0.2) is 52.9 Å². The number of nitrogens with zero attached hydrogens (tertiary/aromatic N) is 3. The van der Waals surface area contributed by atoms with Gasteiger partial charge in [0.1, 0.15) is 11.6 Å². The molecule has 3 heterocycles. The van der Waals surface area contributed by atoms with Crippen molar-refractivity contribution < 1.29 is 4.79 Å². The number of carbonyl (C=O) groups excluding carboxylic acids is 1. The lowest BCUT2D eigenvalue weighted by Gasteiger charge is -2.44. The van der Waals surface area contributed by atoms with E-state index >= 15 is 0 Å². The van der Waals surface area contributed by atoms with Crippen LogP contribution in [0.1, 0.15) is 48.1 Å². The SMILES string of the molecule is Cc1[nH]c(=O)c(C#N)c(C)c1CCC(=O)N1CCN2CCCCC2C1. The Hall–Kier alpha value is -2.13. The van der Waals surface area contributed by atoms with E-state index < -0.39 is 0 Å². The number of hydrogen-bond acceptors (Lipinski definition) is 4. The average Bonchev–Trinajstić information content (AvgIpc) is 2.61. The lowest BCUT2D eigenvalue weighted by atomic mass is 9.97. The number of aromatic amines is 1. The summed E-state index contributed by atoms with van der Waals surface area (Å²) in [6, 6.07) is 2.49. The Labute approximate surface area is 148 Å². The molecule has 2 aliphatic heterocycles. The van der Waals surface area contributed by atoms with Crippen LogP contribution in [0.4, 0.5) is 0 Å². The molecule has 1 aromatic heterocycles. The topological polar surface area (TPSA) is 80.2 Å². The molecule has 6 heteroatoms. The summed E-state index contributed by atoms with van der Waals surface area (Å²) in [5, 5.41) is 9.16. The van der Waals surface area contributed by atoms with Gasteiger partial charge < -0.3 is 9.88 Å². The number of fused-ring (bicyclic) bond motifs is 1. The van der Waals surface area contributed by atoms with Crippen molar-refractivity contribution in [1.82, 2.24) is 14.8 Å². The second-order valence-electron chi connectivity index (χ2n) is 7.19. The molecule has 6 nitrogen and oxygen atoms in total. The summed E-state index contributed by atoms with van der Waals surface area (Å²) in [5.41, 5.74) is 2.19. The highest BCUT2D eigenvalue weighted by atomic mass is 16.2. The first-order valence-electron chi connectivity index (χ1n) is 9.15. The Morgan fingerprint density at radius 2 is 2.08 bits per heavy atom. The number of pyridine rings is 1. The fourth-order valence-electron chi connectivity index (χ4n) is 4.19. The Bertz CT molecular complexity index is 762. The highest BCUT2D eigenvalue weighted by Crippen LogP contribution is 2.22. The van der Waals surface area contributed by atoms with Gasteiger partial charge in [0.25, 0.3) is 5.56 Å². The third-order valence-corrected chi connectivity index (χ3v) is 5.70. The van der Waals surface area contributed by atoms with Gasteiger partial charge in [0.2, 0.25) is 5.91 Å². The van der Waals surface area contributed by atoms with Crippen molar-refractivity contribution in [2.24, 2.45) is 0 Å². The van der Waals surface area contributed by atoms with Crippen LogP contribution in [0.3, 0.4) is 0 Å². The van der Waals surface area contributed by atoms with E-state index in [1.54, 1.807) is 6.92 Å². The third kappa shape index (κ3) is 3.62. The molecule has 2 saturated heterocycles. The van der Waals surface area contributed by atoms with Crippen molar-refractivity contribution in [3.63, 3.8) is 0 Å². The smallest absolute Gasteiger partial charge is 0.266 e. The zero-order valence-electron chi connectivity index (χ0n) is 15.1. The van der Waals surface area contributed by atoms with Gasteiger partial charge in [0.15, 0.2) is 0 Å². The molecule has 0 bridgehead atoms. The Balaban J connectivity index is 1.65. The summed E-state index contributed by atoms with van der Waals surface area (Å²) in [5.74, 6) is 0.175. The van der Waals surface area contributed by atoms with Crippen LogP contribution in [0.2, 0.25) is 0 Å². The number of H-pyrrole nitrogens is 1. The quantitative estimate of drug-likeness (QED) is 0.902. The molecule has 0 spiro atoms. The summed E-state index contributed by atoms with van der Waals surface area (Å²) in [6.07, 6.45) is 4.71.